The number of aliphatic hydroxyl groups is 1. The molecule has 2 bridgehead atoms. The first-order valence-corrected chi connectivity index (χ1v) is 14.1. The van der Waals surface area contributed by atoms with E-state index in [-0.39, 0.29) is 29.7 Å². The van der Waals surface area contributed by atoms with Gasteiger partial charge in [-0.1, -0.05) is 0 Å². The van der Waals surface area contributed by atoms with Crippen LogP contribution >= 0.6 is 0 Å². The van der Waals surface area contributed by atoms with E-state index in [0.29, 0.717) is 36.9 Å². The number of piperidine rings is 1. The van der Waals surface area contributed by atoms with Crippen LogP contribution in [0.3, 0.4) is 0 Å². The van der Waals surface area contributed by atoms with E-state index in [1.165, 1.54) is 6.26 Å². The Morgan fingerprint density at radius 3 is 2.38 bits per heavy atom. The summed E-state index contributed by atoms with van der Waals surface area (Å²) in [6, 6.07) is 11.9. The molecule has 3 heterocycles. The van der Waals surface area contributed by atoms with E-state index in [4.69, 9.17) is 5.26 Å². The maximum atomic E-state index is 13.5. The molecule has 1 aromatic carbocycles. The Morgan fingerprint density at radius 1 is 1.15 bits per heavy atom. The van der Waals surface area contributed by atoms with Gasteiger partial charge in [0.25, 0.3) is 0 Å². The van der Waals surface area contributed by atoms with Crippen LogP contribution in [0, 0.1) is 18.3 Å². The van der Waals surface area contributed by atoms with Crippen LogP contribution in [-0.4, -0.2) is 65.5 Å². The van der Waals surface area contributed by atoms with Gasteiger partial charge >= 0.3 is 0 Å². The number of ketones is 1. The number of carbonyl (C=O) groups is 1. The van der Waals surface area contributed by atoms with Gasteiger partial charge < -0.3 is 9.67 Å². The van der Waals surface area contributed by atoms with Gasteiger partial charge in [-0.3, -0.25) is 9.69 Å². The molecule has 0 spiro atoms. The minimum atomic E-state index is -3.00. The van der Waals surface area contributed by atoms with E-state index in [1.54, 1.807) is 12.1 Å². The van der Waals surface area contributed by atoms with Crippen LogP contribution in [-0.2, 0) is 16.3 Å². The number of fused-ring (bicyclic) bond motifs is 2. The van der Waals surface area contributed by atoms with Gasteiger partial charge in [-0.2, -0.15) is 5.26 Å². The Bertz CT molecular complexity index is 1180. The molecule has 34 heavy (non-hydrogen) atoms. The number of nitrogens with zero attached hydrogens (tertiary/aromatic N) is 3. The molecule has 2 fully saturated rings. The number of aryl methyl sites for hydroxylation is 1. The van der Waals surface area contributed by atoms with E-state index < -0.39 is 9.84 Å². The quantitative estimate of drug-likeness (QED) is 0.434. The van der Waals surface area contributed by atoms with Gasteiger partial charge in [0.05, 0.1) is 24.3 Å². The largest absolute Gasteiger partial charge is 0.393 e. The first-order chi connectivity index (χ1) is 16.2. The monoisotopic (exact) mass is 483 g/mol. The Hall–Kier alpha value is -2.47. The lowest BCUT2D eigenvalue weighted by atomic mass is 9.99. The van der Waals surface area contributed by atoms with E-state index in [2.05, 4.69) is 15.5 Å². The molecule has 2 saturated heterocycles. The SMILES string of the molecule is Cc1c(C(=O)CN2[C@@H]3CC[C@H]2CC(O)C3)cc(CCCCS(C)(=O)=O)n1-c1ccc(C#N)cc1. The second-order valence-electron chi connectivity index (χ2n) is 9.82. The lowest BCUT2D eigenvalue weighted by molar-refractivity contribution is 0.0344. The molecule has 0 saturated carbocycles. The van der Waals surface area contributed by atoms with Crippen molar-refractivity contribution in [3.8, 4) is 11.8 Å². The Morgan fingerprint density at radius 2 is 1.79 bits per heavy atom. The van der Waals surface area contributed by atoms with Crippen molar-refractivity contribution in [1.29, 1.82) is 5.26 Å². The molecule has 0 amide bonds. The van der Waals surface area contributed by atoms with Crippen molar-refractivity contribution in [1.82, 2.24) is 9.47 Å². The molecular formula is C26H33N3O4S. The van der Waals surface area contributed by atoms with Crippen molar-refractivity contribution in [2.45, 2.75) is 70.1 Å². The topological polar surface area (TPSA) is 103 Å². The summed E-state index contributed by atoms with van der Waals surface area (Å²) in [6.07, 6.45) is 6.46. The number of Topliss-reactive ketones (excluding diaryl/α,β-unsaturated/α-hetero) is 1. The number of benzene rings is 1. The Labute approximate surface area is 201 Å². The molecule has 1 N–H and O–H groups in total. The molecule has 0 radical (unpaired) electrons. The molecule has 3 atom stereocenters. The van der Waals surface area contributed by atoms with Gasteiger partial charge in [0.15, 0.2) is 5.78 Å². The van der Waals surface area contributed by atoms with Gasteiger partial charge in [0.2, 0.25) is 0 Å². The molecule has 4 rings (SSSR count). The highest BCUT2D eigenvalue weighted by molar-refractivity contribution is 7.90. The number of hydrogen-bond donors (Lipinski definition) is 1. The Kier molecular flexibility index (Phi) is 7.27. The van der Waals surface area contributed by atoms with Gasteiger partial charge in [-0.05, 0) is 82.2 Å². The van der Waals surface area contributed by atoms with E-state index in [0.717, 1.165) is 42.8 Å². The van der Waals surface area contributed by atoms with E-state index >= 15 is 0 Å². The molecule has 8 heteroatoms. The summed E-state index contributed by atoms with van der Waals surface area (Å²) in [5, 5.41) is 19.2. The van der Waals surface area contributed by atoms with E-state index in [1.807, 2.05) is 25.1 Å². The highest BCUT2D eigenvalue weighted by atomic mass is 32.2. The number of rotatable bonds is 9. The van der Waals surface area contributed by atoms with Gasteiger partial charge in [0.1, 0.15) is 9.84 Å². The third-order valence-electron chi connectivity index (χ3n) is 7.26. The third-order valence-corrected chi connectivity index (χ3v) is 8.29. The van der Waals surface area contributed by atoms with Crippen molar-refractivity contribution in [2.75, 3.05) is 18.6 Å². The lowest BCUT2D eigenvalue weighted by Crippen LogP contribution is -2.46. The predicted octanol–water partition coefficient (Wildman–Crippen LogP) is 3.20. The fourth-order valence-electron chi connectivity index (χ4n) is 5.61. The van der Waals surface area contributed by atoms with Crippen LogP contribution in [0.2, 0.25) is 0 Å². The van der Waals surface area contributed by atoms with Crippen LogP contribution in [0.15, 0.2) is 30.3 Å². The second-order valence-corrected chi connectivity index (χ2v) is 12.1. The molecule has 2 aliphatic rings. The number of hydrogen-bond acceptors (Lipinski definition) is 6. The highest BCUT2D eigenvalue weighted by Gasteiger charge is 2.41. The van der Waals surface area contributed by atoms with Crippen molar-refractivity contribution >= 4 is 15.6 Å². The number of aliphatic hydroxyl groups excluding tert-OH is 1. The van der Waals surface area contributed by atoms with Crippen LogP contribution in [0.4, 0.5) is 0 Å². The standard InChI is InChI=1S/C26H33N3O4S/c1-18-25(26(31)17-28-21-10-11-22(28)14-24(30)13-21)15-23(5-3-4-12-34(2,32)33)29(18)20-8-6-19(16-27)7-9-20/h6-9,15,21-22,24,30H,3-5,10-14,17H2,1-2H3/t21-,22+,24?. The molecule has 2 aliphatic heterocycles. The first kappa shape index (κ1) is 24.6. The maximum absolute atomic E-state index is 13.5. The number of nitriles is 1. The van der Waals surface area contributed by atoms with Crippen LogP contribution in [0.5, 0.6) is 0 Å². The molecule has 1 unspecified atom stereocenters. The fourth-order valence-corrected chi connectivity index (χ4v) is 6.34. The maximum Gasteiger partial charge on any atom is 0.178 e. The van der Waals surface area contributed by atoms with Gasteiger partial charge in [0, 0.05) is 46.7 Å². The molecule has 7 nitrogen and oxygen atoms in total. The summed E-state index contributed by atoms with van der Waals surface area (Å²) >= 11 is 0. The van der Waals surface area contributed by atoms with Crippen molar-refractivity contribution in [3.05, 3.63) is 52.8 Å². The summed E-state index contributed by atoms with van der Waals surface area (Å²) in [4.78, 5) is 15.7. The Balaban J connectivity index is 1.58. The first-order valence-electron chi connectivity index (χ1n) is 12.0. The van der Waals surface area contributed by atoms with Gasteiger partial charge in [-0.15, -0.1) is 0 Å². The summed E-state index contributed by atoms with van der Waals surface area (Å²) in [7, 11) is -3.00. The number of unbranched alkanes of at least 4 members (excludes halogenated alkanes) is 1. The highest BCUT2D eigenvalue weighted by Crippen LogP contribution is 2.36. The molecule has 1 aromatic heterocycles. The smallest absolute Gasteiger partial charge is 0.178 e. The second kappa shape index (κ2) is 10.0. The molecule has 2 aromatic rings. The van der Waals surface area contributed by atoms with Crippen LogP contribution < -0.4 is 0 Å². The zero-order valence-electron chi connectivity index (χ0n) is 19.9. The number of aromatic nitrogens is 1. The molecule has 0 aliphatic carbocycles. The molecule has 182 valence electrons. The molecular weight excluding hydrogens is 450 g/mol. The summed E-state index contributed by atoms with van der Waals surface area (Å²) < 4.78 is 25.1. The summed E-state index contributed by atoms with van der Waals surface area (Å²) in [5.41, 5.74) is 3.97. The lowest BCUT2D eigenvalue weighted by Gasteiger charge is -2.36. The minimum absolute atomic E-state index is 0.0792. The normalized spacial score (nSPS) is 22.6. The zero-order chi connectivity index (χ0) is 24.5. The zero-order valence-corrected chi connectivity index (χ0v) is 20.7. The van der Waals surface area contributed by atoms with Crippen LogP contribution in [0.1, 0.15) is 65.8 Å². The summed E-state index contributed by atoms with van der Waals surface area (Å²) in [6.45, 7) is 2.30. The fraction of sp³-hybridized carbons (Fsp3) is 0.538. The number of carbonyl (C=O) groups excluding carboxylic acids is 1. The van der Waals surface area contributed by atoms with Gasteiger partial charge in [-0.25, -0.2) is 8.42 Å². The minimum Gasteiger partial charge on any atom is -0.393 e. The average molecular weight is 484 g/mol. The van der Waals surface area contributed by atoms with Crippen molar-refractivity contribution in [2.24, 2.45) is 0 Å². The van der Waals surface area contributed by atoms with Crippen molar-refractivity contribution in [3.63, 3.8) is 0 Å². The average Bonchev–Trinajstić information content (AvgIpc) is 3.23. The summed E-state index contributed by atoms with van der Waals surface area (Å²) in [5.74, 6) is 0.231. The third kappa shape index (κ3) is 5.43. The number of sulfone groups is 1. The predicted molar refractivity (Wildman–Crippen MR) is 131 cm³/mol. The van der Waals surface area contributed by atoms with Crippen molar-refractivity contribution < 1.29 is 18.3 Å². The van der Waals surface area contributed by atoms with E-state index in [9.17, 15) is 18.3 Å². The van der Waals surface area contributed by atoms with Crippen LogP contribution in [0.25, 0.3) is 5.69 Å².